The van der Waals surface area contributed by atoms with Gasteiger partial charge in [-0.2, -0.15) is 5.10 Å². The average Bonchev–Trinajstić information content (AvgIpc) is 2.79. The molecule has 0 fully saturated rings. The molecular formula is C18H24FN3O. The zero-order valence-electron chi connectivity index (χ0n) is 14.4. The van der Waals surface area contributed by atoms with Crippen molar-refractivity contribution in [3.05, 3.63) is 47.0 Å². The summed E-state index contributed by atoms with van der Waals surface area (Å²) in [6.07, 6.45) is 2.61. The lowest BCUT2D eigenvalue weighted by atomic mass is 9.90. The van der Waals surface area contributed by atoms with Gasteiger partial charge in [-0.15, -0.1) is 0 Å². The average molecular weight is 317 g/mol. The summed E-state index contributed by atoms with van der Waals surface area (Å²) < 4.78 is 15.3. The number of halogens is 1. The minimum atomic E-state index is -0.286. The second kappa shape index (κ2) is 6.94. The minimum absolute atomic E-state index is 0.163. The highest BCUT2D eigenvalue weighted by molar-refractivity contribution is 6.05. The predicted octanol–water partition coefficient (Wildman–Crippen LogP) is 4.27. The van der Waals surface area contributed by atoms with Crippen molar-refractivity contribution in [1.82, 2.24) is 9.78 Å². The lowest BCUT2D eigenvalue weighted by molar-refractivity contribution is 0.102. The van der Waals surface area contributed by atoms with E-state index in [2.05, 4.69) is 31.2 Å². The number of hydrogen-bond acceptors (Lipinski definition) is 2. The molecule has 2 aromatic rings. The van der Waals surface area contributed by atoms with E-state index in [1.807, 2.05) is 0 Å². The Hall–Kier alpha value is -2.17. The second-order valence-corrected chi connectivity index (χ2v) is 6.52. The molecule has 124 valence electrons. The molecule has 0 radical (unpaired) electrons. The van der Waals surface area contributed by atoms with Crippen LogP contribution in [-0.2, 0) is 7.05 Å². The first-order valence-corrected chi connectivity index (χ1v) is 7.89. The first kappa shape index (κ1) is 17.2. The van der Waals surface area contributed by atoms with Crippen molar-refractivity contribution in [2.45, 2.75) is 40.0 Å². The van der Waals surface area contributed by atoms with Crippen LogP contribution in [0.3, 0.4) is 0 Å². The van der Waals surface area contributed by atoms with Gasteiger partial charge in [0.2, 0.25) is 0 Å². The number of aromatic nitrogens is 2. The first-order valence-electron chi connectivity index (χ1n) is 7.89. The number of benzene rings is 1. The van der Waals surface area contributed by atoms with Crippen LogP contribution in [0.15, 0.2) is 24.4 Å². The van der Waals surface area contributed by atoms with Crippen LogP contribution in [0.25, 0.3) is 0 Å². The molecule has 2 rings (SSSR count). The Morgan fingerprint density at radius 2 is 2.04 bits per heavy atom. The molecule has 1 aromatic heterocycles. The molecule has 0 saturated carbocycles. The van der Waals surface area contributed by atoms with Crippen molar-refractivity contribution in [2.75, 3.05) is 5.32 Å². The van der Waals surface area contributed by atoms with Gasteiger partial charge in [0.1, 0.15) is 5.82 Å². The number of nitrogens with zero attached hydrogens (tertiary/aromatic N) is 2. The van der Waals surface area contributed by atoms with Gasteiger partial charge in [0.15, 0.2) is 0 Å². The molecule has 1 heterocycles. The lowest BCUT2D eigenvalue weighted by Gasteiger charge is -2.19. The van der Waals surface area contributed by atoms with Crippen LogP contribution in [-0.4, -0.2) is 15.7 Å². The molecule has 23 heavy (non-hydrogen) atoms. The number of hydrogen-bond donors (Lipinski definition) is 1. The number of carbonyl (C=O) groups excluding carboxylic acids is 1. The largest absolute Gasteiger partial charge is 0.322 e. The molecule has 0 spiro atoms. The van der Waals surface area contributed by atoms with E-state index in [-0.39, 0.29) is 17.6 Å². The fourth-order valence-corrected chi connectivity index (χ4v) is 2.90. The third kappa shape index (κ3) is 4.18. The predicted molar refractivity (Wildman–Crippen MR) is 90.2 cm³/mol. The van der Waals surface area contributed by atoms with Gasteiger partial charge in [-0.05, 0) is 48.9 Å². The van der Waals surface area contributed by atoms with E-state index in [4.69, 9.17) is 0 Å². The molecule has 1 aromatic carbocycles. The van der Waals surface area contributed by atoms with E-state index >= 15 is 0 Å². The summed E-state index contributed by atoms with van der Waals surface area (Å²) in [6, 6.07) is 4.52. The van der Waals surface area contributed by atoms with Crippen LogP contribution in [0, 0.1) is 18.7 Å². The van der Waals surface area contributed by atoms with Crippen LogP contribution in [0.4, 0.5) is 10.1 Å². The highest BCUT2D eigenvalue weighted by Crippen LogP contribution is 2.30. The quantitative estimate of drug-likeness (QED) is 0.895. The van der Waals surface area contributed by atoms with Crippen LogP contribution in [0.2, 0.25) is 0 Å². The zero-order valence-corrected chi connectivity index (χ0v) is 14.4. The van der Waals surface area contributed by atoms with Gasteiger partial charge in [0, 0.05) is 18.9 Å². The van der Waals surface area contributed by atoms with Crippen molar-refractivity contribution < 1.29 is 9.18 Å². The fourth-order valence-electron chi connectivity index (χ4n) is 2.90. The van der Waals surface area contributed by atoms with Gasteiger partial charge in [-0.25, -0.2) is 4.39 Å². The van der Waals surface area contributed by atoms with Gasteiger partial charge in [0.25, 0.3) is 5.91 Å². The van der Waals surface area contributed by atoms with Crippen LogP contribution >= 0.6 is 0 Å². The van der Waals surface area contributed by atoms with Crippen molar-refractivity contribution in [3.8, 4) is 0 Å². The Bertz CT molecular complexity index is 706. The Morgan fingerprint density at radius 1 is 1.35 bits per heavy atom. The van der Waals surface area contributed by atoms with Gasteiger partial charge in [0.05, 0.1) is 11.3 Å². The molecular weight excluding hydrogens is 293 g/mol. The standard InChI is InChI=1S/C18H24FN3O/c1-11(2)8-12(3)15-9-14(19)6-7-17(15)20-18(23)16-10-22(5)21-13(16)4/h6-7,9-12H,8H2,1-5H3,(H,20,23). The maximum absolute atomic E-state index is 13.6. The number of aryl methyl sites for hydroxylation is 2. The Balaban J connectivity index is 2.29. The molecule has 1 unspecified atom stereocenters. The van der Waals surface area contributed by atoms with Crippen molar-refractivity contribution in [1.29, 1.82) is 0 Å². The highest BCUT2D eigenvalue weighted by Gasteiger charge is 2.18. The smallest absolute Gasteiger partial charge is 0.259 e. The van der Waals surface area contributed by atoms with Crippen LogP contribution in [0.1, 0.15) is 54.7 Å². The number of anilines is 1. The second-order valence-electron chi connectivity index (χ2n) is 6.52. The summed E-state index contributed by atoms with van der Waals surface area (Å²) in [5.41, 5.74) is 2.68. The Morgan fingerprint density at radius 3 is 2.61 bits per heavy atom. The minimum Gasteiger partial charge on any atom is -0.322 e. The fraction of sp³-hybridized carbons (Fsp3) is 0.444. The van der Waals surface area contributed by atoms with E-state index in [0.717, 1.165) is 12.0 Å². The number of nitrogens with one attached hydrogen (secondary N) is 1. The highest BCUT2D eigenvalue weighted by atomic mass is 19.1. The lowest BCUT2D eigenvalue weighted by Crippen LogP contribution is -2.15. The van der Waals surface area contributed by atoms with Crippen molar-refractivity contribution in [2.24, 2.45) is 13.0 Å². The first-order chi connectivity index (χ1) is 10.8. The monoisotopic (exact) mass is 317 g/mol. The normalized spacial score (nSPS) is 12.5. The summed E-state index contributed by atoms with van der Waals surface area (Å²) >= 11 is 0. The number of carbonyl (C=O) groups is 1. The summed E-state index contributed by atoms with van der Waals surface area (Å²) in [5, 5.41) is 7.08. The Kier molecular flexibility index (Phi) is 5.19. The maximum Gasteiger partial charge on any atom is 0.259 e. The van der Waals surface area contributed by atoms with Crippen LogP contribution < -0.4 is 5.32 Å². The van der Waals surface area contributed by atoms with Gasteiger partial charge in [-0.3, -0.25) is 9.48 Å². The molecule has 0 saturated heterocycles. The molecule has 0 aliphatic rings. The molecule has 5 heteroatoms. The van der Waals surface area contributed by atoms with E-state index in [1.165, 1.54) is 12.1 Å². The topological polar surface area (TPSA) is 46.9 Å². The maximum atomic E-state index is 13.6. The summed E-state index contributed by atoms with van der Waals surface area (Å²) in [5.74, 6) is 0.153. The van der Waals surface area contributed by atoms with E-state index in [9.17, 15) is 9.18 Å². The van der Waals surface area contributed by atoms with Gasteiger partial charge < -0.3 is 5.32 Å². The SMILES string of the molecule is Cc1nn(C)cc1C(=O)Nc1ccc(F)cc1C(C)CC(C)C. The third-order valence-electron chi connectivity index (χ3n) is 3.88. The van der Waals surface area contributed by atoms with Gasteiger partial charge in [-0.1, -0.05) is 20.8 Å². The summed E-state index contributed by atoms with van der Waals surface area (Å²) in [4.78, 5) is 12.5. The molecule has 0 bridgehead atoms. The molecule has 1 atom stereocenters. The van der Waals surface area contributed by atoms with Crippen molar-refractivity contribution in [3.63, 3.8) is 0 Å². The number of amides is 1. The van der Waals surface area contributed by atoms with Crippen molar-refractivity contribution >= 4 is 11.6 Å². The third-order valence-corrected chi connectivity index (χ3v) is 3.88. The molecule has 4 nitrogen and oxygen atoms in total. The Labute approximate surface area is 136 Å². The van der Waals surface area contributed by atoms with E-state index in [0.29, 0.717) is 22.9 Å². The molecule has 1 amide bonds. The van der Waals surface area contributed by atoms with E-state index < -0.39 is 0 Å². The molecule has 1 N–H and O–H groups in total. The number of rotatable bonds is 5. The summed E-state index contributed by atoms with van der Waals surface area (Å²) in [7, 11) is 1.78. The molecule has 0 aliphatic carbocycles. The van der Waals surface area contributed by atoms with Crippen LogP contribution in [0.5, 0.6) is 0 Å². The molecule has 0 aliphatic heterocycles. The van der Waals surface area contributed by atoms with E-state index in [1.54, 1.807) is 30.9 Å². The zero-order chi connectivity index (χ0) is 17.1. The summed E-state index contributed by atoms with van der Waals surface area (Å²) in [6.45, 7) is 8.11. The van der Waals surface area contributed by atoms with Gasteiger partial charge >= 0.3 is 0 Å².